The predicted molar refractivity (Wildman–Crippen MR) is 74.6 cm³/mol. The summed E-state index contributed by atoms with van der Waals surface area (Å²) in [4.78, 5) is 16.3. The van der Waals surface area contributed by atoms with Crippen LogP contribution in [-0.2, 0) is 6.54 Å². The van der Waals surface area contributed by atoms with E-state index in [2.05, 4.69) is 38.0 Å². The largest absolute Gasteiger partial charge is 0.361 e. The minimum atomic E-state index is -0.0784. The predicted octanol–water partition coefficient (Wildman–Crippen LogP) is 1.29. The molecule has 0 radical (unpaired) electrons. The molecule has 1 unspecified atom stereocenters. The number of nitrogens with one attached hydrogen (secondary N) is 1. The molecule has 1 heterocycles. The van der Waals surface area contributed by atoms with Gasteiger partial charge in [0, 0.05) is 31.5 Å². The van der Waals surface area contributed by atoms with Crippen molar-refractivity contribution < 1.29 is 0 Å². The molecule has 1 aromatic rings. The molecule has 1 rings (SSSR count). The van der Waals surface area contributed by atoms with Crippen molar-refractivity contribution >= 4 is 5.82 Å². The molecule has 0 saturated carbocycles. The fourth-order valence-corrected chi connectivity index (χ4v) is 1.76. The summed E-state index contributed by atoms with van der Waals surface area (Å²) in [7, 11) is 0. The van der Waals surface area contributed by atoms with Gasteiger partial charge in [-0.25, -0.2) is 4.98 Å². The van der Waals surface area contributed by atoms with Crippen molar-refractivity contribution in [2.45, 2.75) is 40.3 Å². The molecule has 5 nitrogen and oxygen atoms in total. The smallest absolute Gasteiger partial charge is 0.293 e. The number of rotatable bonds is 6. The maximum absolute atomic E-state index is 12.2. The molecular weight excluding hydrogens is 228 g/mol. The Bertz CT molecular complexity index is 425. The molecule has 1 aromatic heterocycles. The van der Waals surface area contributed by atoms with E-state index in [4.69, 9.17) is 5.73 Å². The fraction of sp³-hybridized carbons (Fsp3) is 0.692. The molecule has 18 heavy (non-hydrogen) atoms. The molecule has 0 bridgehead atoms. The molecule has 0 aliphatic carbocycles. The van der Waals surface area contributed by atoms with E-state index in [0.29, 0.717) is 30.7 Å². The summed E-state index contributed by atoms with van der Waals surface area (Å²) in [5.74, 6) is 1.17. The summed E-state index contributed by atoms with van der Waals surface area (Å²) in [6, 6.07) is 0.0695. The number of hydrogen-bond acceptors (Lipinski definition) is 4. The average molecular weight is 252 g/mol. The zero-order valence-corrected chi connectivity index (χ0v) is 11.7. The van der Waals surface area contributed by atoms with E-state index in [0.717, 1.165) is 0 Å². The third-order valence-corrected chi connectivity index (χ3v) is 2.86. The van der Waals surface area contributed by atoms with E-state index >= 15 is 0 Å². The highest BCUT2D eigenvalue weighted by atomic mass is 16.1. The second-order valence-corrected chi connectivity index (χ2v) is 5.36. The number of aromatic nitrogens is 2. The first kappa shape index (κ1) is 14.7. The molecule has 0 fully saturated rings. The highest BCUT2D eigenvalue weighted by Gasteiger charge is 2.14. The minimum Gasteiger partial charge on any atom is -0.361 e. The van der Waals surface area contributed by atoms with E-state index in [9.17, 15) is 4.79 Å². The van der Waals surface area contributed by atoms with E-state index in [1.54, 1.807) is 17.0 Å². The van der Waals surface area contributed by atoms with Gasteiger partial charge in [0.1, 0.15) is 0 Å². The van der Waals surface area contributed by atoms with Gasteiger partial charge in [0.25, 0.3) is 5.56 Å². The Morgan fingerprint density at radius 2 is 2.06 bits per heavy atom. The van der Waals surface area contributed by atoms with Gasteiger partial charge < -0.3 is 15.6 Å². The third-order valence-electron chi connectivity index (χ3n) is 2.86. The van der Waals surface area contributed by atoms with Gasteiger partial charge in [-0.2, -0.15) is 0 Å². The molecule has 0 saturated heterocycles. The van der Waals surface area contributed by atoms with E-state index in [-0.39, 0.29) is 11.6 Å². The van der Waals surface area contributed by atoms with Crippen molar-refractivity contribution in [1.29, 1.82) is 0 Å². The zero-order chi connectivity index (χ0) is 13.7. The molecule has 1 atom stereocenters. The topological polar surface area (TPSA) is 72.9 Å². The van der Waals surface area contributed by atoms with Crippen LogP contribution in [0.4, 0.5) is 5.82 Å². The quantitative estimate of drug-likeness (QED) is 0.800. The number of hydrogen-bond donors (Lipinski definition) is 2. The zero-order valence-electron chi connectivity index (χ0n) is 11.7. The first-order valence-electron chi connectivity index (χ1n) is 6.47. The van der Waals surface area contributed by atoms with E-state index in [1.165, 1.54) is 0 Å². The van der Waals surface area contributed by atoms with Gasteiger partial charge in [-0.05, 0) is 11.8 Å². The van der Waals surface area contributed by atoms with Crippen LogP contribution in [0.25, 0.3) is 0 Å². The highest BCUT2D eigenvalue weighted by Crippen LogP contribution is 2.06. The third kappa shape index (κ3) is 3.84. The second kappa shape index (κ2) is 6.54. The normalized spacial score (nSPS) is 13.1. The second-order valence-electron chi connectivity index (χ2n) is 5.36. The Morgan fingerprint density at radius 3 is 2.56 bits per heavy atom. The minimum absolute atomic E-state index is 0.0695. The molecule has 0 aliphatic heterocycles. The Labute approximate surface area is 108 Å². The van der Waals surface area contributed by atoms with E-state index in [1.807, 2.05) is 0 Å². The Balaban J connectivity index is 2.93. The lowest BCUT2D eigenvalue weighted by Crippen LogP contribution is -2.37. The Hall–Kier alpha value is -1.36. The van der Waals surface area contributed by atoms with Crippen LogP contribution in [0.5, 0.6) is 0 Å². The molecule has 102 valence electrons. The standard InChI is InChI=1S/C13H24N4O/c1-9(2)8-17-6-5-15-12(13(17)18)16-11(7-14)10(3)4/h5-6,9-11H,7-8,14H2,1-4H3,(H,15,16). The molecule has 0 spiro atoms. The number of nitrogens with zero attached hydrogens (tertiary/aromatic N) is 2. The summed E-state index contributed by atoms with van der Waals surface area (Å²) in [6.45, 7) is 9.48. The van der Waals surface area contributed by atoms with E-state index < -0.39 is 0 Å². The van der Waals surface area contributed by atoms with Crippen LogP contribution >= 0.6 is 0 Å². The van der Waals surface area contributed by atoms with Crippen molar-refractivity contribution in [1.82, 2.24) is 9.55 Å². The summed E-state index contributed by atoms with van der Waals surface area (Å²) >= 11 is 0. The first-order chi connectivity index (χ1) is 8.45. The Kier molecular flexibility index (Phi) is 5.34. The van der Waals surface area contributed by atoms with Crippen LogP contribution < -0.4 is 16.6 Å². The maximum Gasteiger partial charge on any atom is 0.293 e. The van der Waals surface area contributed by atoms with Crippen molar-refractivity contribution in [2.24, 2.45) is 17.6 Å². The summed E-state index contributed by atoms with van der Waals surface area (Å²) in [6.07, 6.45) is 3.38. The molecule has 0 amide bonds. The van der Waals surface area contributed by atoms with Gasteiger partial charge in [-0.15, -0.1) is 0 Å². The molecule has 5 heteroatoms. The summed E-state index contributed by atoms with van der Waals surface area (Å²) in [5.41, 5.74) is 5.61. The van der Waals surface area contributed by atoms with Gasteiger partial charge in [0.05, 0.1) is 0 Å². The lowest BCUT2D eigenvalue weighted by molar-refractivity contribution is 0.504. The number of anilines is 1. The molecule has 0 aliphatic rings. The molecular formula is C13H24N4O. The van der Waals surface area contributed by atoms with Gasteiger partial charge in [-0.3, -0.25) is 4.79 Å². The van der Waals surface area contributed by atoms with Crippen LogP contribution in [0.3, 0.4) is 0 Å². The first-order valence-corrected chi connectivity index (χ1v) is 6.47. The van der Waals surface area contributed by atoms with Gasteiger partial charge in [0.15, 0.2) is 5.82 Å². The highest BCUT2D eigenvalue weighted by molar-refractivity contribution is 5.32. The van der Waals surface area contributed by atoms with Crippen molar-refractivity contribution in [2.75, 3.05) is 11.9 Å². The SMILES string of the molecule is CC(C)Cn1ccnc(NC(CN)C(C)C)c1=O. The summed E-state index contributed by atoms with van der Waals surface area (Å²) in [5, 5.41) is 3.14. The van der Waals surface area contributed by atoms with Crippen LogP contribution in [0.15, 0.2) is 17.2 Å². The maximum atomic E-state index is 12.2. The van der Waals surface area contributed by atoms with Crippen LogP contribution in [0.1, 0.15) is 27.7 Å². The van der Waals surface area contributed by atoms with Crippen molar-refractivity contribution in [3.05, 3.63) is 22.7 Å². The van der Waals surface area contributed by atoms with Crippen LogP contribution in [0.2, 0.25) is 0 Å². The summed E-state index contributed by atoms with van der Waals surface area (Å²) < 4.78 is 1.69. The van der Waals surface area contributed by atoms with Crippen LogP contribution in [-0.4, -0.2) is 22.1 Å². The lowest BCUT2D eigenvalue weighted by Gasteiger charge is -2.21. The van der Waals surface area contributed by atoms with Gasteiger partial charge in [0.2, 0.25) is 0 Å². The number of nitrogens with two attached hydrogens (primary N) is 1. The fourth-order valence-electron chi connectivity index (χ4n) is 1.76. The van der Waals surface area contributed by atoms with Crippen molar-refractivity contribution in [3.63, 3.8) is 0 Å². The van der Waals surface area contributed by atoms with Crippen LogP contribution in [0, 0.1) is 11.8 Å². The molecule has 0 aromatic carbocycles. The average Bonchev–Trinajstić information content (AvgIpc) is 2.29. The van der Waals surface area contributed by atoms with Gasteiger partial charge >= 0.3 is 0 Å². The molecule has 3 N–H and O–H groups in total. The monoisotopic (exact) mass is 252 g/mol. The Morgan fingerprint density at radius 1 is 1.39 bits per heavy atom. The van der Waals surface area contributed by atoms with Gasteiger partial charge in [-0.1, -0.05) is 27.7 Å². The van der Waals surface area contributed by atoms with Crippen molar-refractivity contribution in [3.8, 4) is 0 Å². The lowest BCUT2D eigenvalue weighted by atomic mass is 10.1.